The second-order valence-corrected chi connectivity index (χ2v) is 5.45. The van der Waals surface area contributed by atoms with Crippen LogP contribution in [0.5, 0.6) is 0 Å². The summed E-state index contributed by atoms with van der Waals surface area (Å²) in [6, 6.07) is 7.23. The second-order valence-electron chi connectivity index (χ2n) is 4.34. The summed E-state index contributed by atoms with van der Waals surface area (Å²) in [6.45, 7) is 1.98. The number of hydrogen-bond donors (Lipinski definition) is 1. The lowest BCUT2D eigenvalue weighted by Crippen LogP contribution is -2.18. The van der Waals surface area contributed by atoms with Crippen LogP contribution in [-0.4, -0.2) is 7.05 Å². The molecular weight excluding hydrogens is 271 g/mol. The van der Waals surface area contributed by atoms with Gasteiger partial charge >= 0.3 is 6.18 Å². The molecule has 102 valence electrons. The molecule has 1 aromatic carbocycles. The molecule has 0 aliphatic rings. The third-order valence-corrected chi connectivity index (χ3v) is 3.80. The minimum absolute atomic E-state index is 0.216. The molecule has 1 atom stereocenters. The van der Waals surface area contributed by atoms with Crippen LogP contribution in [0.4, 0.5) is 13.2 Å². The Balaban J connectivity index is 2.39. The molecule has 0 saturated heterocycles. The van der Waals surface area contributed by atoms with E-state index in [9.17, 15) is 13.2 Å². The van der Waals surface area contributed by atoms with Gasteiger partial charge in [0.15, 0.2) is 0 Å². The van der Waals surface area contributed by atoms with E-state index in [1.807, 2.05) is 18.4 Å². The molecule has 0 spiro atoms. The molecule has 2 rings (SSSR count). The fourth-order valence-corrected chi connectivity index (χ4v) is 2.77. The lowest BCUT2D eigenvalue weighted by atomic mass is 9.99. The number of thiophene rings is 1. The predicted octanol–water partition coefficient (Wildman–Crippen LogP) is 4.38. The molecule has 19 heavy (non-hydrogen) atoms. The Morgan fingerprint density at radius 2 is 1.89 bits per heavy atom. The van der Waals surface area contributed by atoms with Crippen LogP contribution in [0.2, 0.25) is 0 Å². The summed E-state index contributed by atoms with van der Waals surface area (Å²) in [5.41, 5.74) is 0.997. The Hall–Kier alpha value is -1.33. The van der Waals surface area contributed by atoms with E-state index in [4.69, 9.17) is 0 Å². The van der Waals surface area contributed by atoms with Crippen molar-refractivity contribution in [2.75, 3.05) is 7.05 Å². The van der Waals surface area contributed by atoms with Crippen LogP contribution in [0.15, 0.2) is 35.7 Å². The zero-order valence-corrected chi connectivity index (χ0v) is 11.4. The number of hydrogen-bond acceptors (Lipinski definition) is 2. The number of rotatable bonds is 3. The highest BCUT2D eigenvalue weighted by Crippen LogP contribution is 2.32. The molecule has 0 bridgehead atoms. The van der Waals surface area contributed by atoms with Gasteiger partial charge in [-0.1, -0.05) is 12.1 Å². The maximum atomic E-state index is 12.7. The van der Waals surface area contributed by atoms with Gasteiger partial charge in [0.25, 0.3) is 0 Å². The average Bonchev–Trinajstić information content (AvgIpc) is 2.76. The summed E-state index contributed by atoms with van der Waals surface area (Å²) in [7, 11) is 1.75. The van der Waals surface area contributed by atoms with E-state index in [0.29, 0.717) is 5.56 Å². The maximum absolute atomic E-state index is 12.7. The average molecular weight is 285 g/mol. The third-order valence-electron chi connectivity index (χ3n) is 2.92. The lowest BCUT2D eigenvalue weighted by molar-refractivity contribution is -0.137. The van der Waals surface area contributed by atoms with Gasteiger partial charge in [-0.3, -0.25) is 0 Å². The van der Waals surface area contributed by atoms with E-state index in [-0.39, 0.29) is 6.04 Å². The Morgan fingerprint density at radius 1 is 1.16 bits per heavy atom. The molecule has 5 heteroatoms. The molecule has 1 unspecified atom stereocenters. The molecule has 0 aliphatic carbocycles. The zero-order valence-electron chi connectivity index (χ0n) is 10.6. The van der Waals surface area contributed by atoms with Crippen LogP contribution in [0.3, 0.4) is 0 Å². The molecule has 1 heterocycles. The largest absolute Gasteiger partial charge is 0.416 e. The standard InChI is InChI=1S/C14H14F3NS/c1-9-6-11(8-19-9)13(18-2)10-4-3-5-12(7-10)14(15,16)17/h3-8,13,18H,1-2H3. The SMILES string of the molecule is CNC(c1cccc(C(F)(F)F)c1)c1csc(C)c1. The number of nitrogens with one attached hydrogen (secondary N) is 1. The minimum Gasteiger partial charge on any atom is -0.309 e. The van der Waals surface area contributed by atoms with E-state index in [0.717, 1.165) is 16.5 Å². The van der Waals surface area contributed by atoms with Crippen molar-refractivity contribution >= 4 is 11.3 Å². The number of halogens is 3. The van der Waals surface area contributed by atoms with Gasteiger partial charge in [0.05, 0.1) is 11.6 Å². The van der Waals surface area contributed by atoms with Gasteiger partial charge in [-0.05, 0) is 48.7 Å². The molecule has 0 saturated carbocycles. The minimum atomic E-state index is -4.31. The summed E-state index contributed by atoms with van der Waals surface area (Å²) >= 11 is 1.59. The van der Waals surface area contributed by atoms with Crippen molar-refractivity contribution in [1.29, 1.82) is 0 Å². The Kier molecular flexibility index (Phi) is 3.96. The van der Waals surface area contributed by atoms with Crippen molar-refractivity contribution in [3.63, 3.8) is 0 Å². The topological polar surface area (TPSA) is 12.0 Å². The maximum Gasteiger partial charge on any atom is 0.416 e. The van der Waals surface area contributed by atoms with Crippen LogP contribution in [-0.2, 0) is 6.18 Å². The van der Waals surface area contributed by atoms with Crippen molar-refractivity contribution < 1.29 is 13.2 Å². The Labute approximate surface area is 114 Å². The molecule has 0 amide bonds. The van der Waals surface area contributed by atoms with Gasteiger partial charge in [0.2, 0.25) is 0 Å². The van der Waals surface area contributed by atoms with E-state index >= 15 is 0 Å². The number of aryl methyl sites for hydroxylation is 1. The van der Waals surface area contributed by atoms with Crippen LogP contribution < -0.4 is 5.32 Å². The Morgan fingerprint density at radius 3 is 2.42 bits per heavy atom. The van der Waals surface area contributed by atoms with Crippen molar-refractivity contribution in [3.8, 4) is 0 Å². The van der Waals surface area contributed by atoms with Crippen molar-refractivity contribution in [2.24, 2.45) is 0 Å². The first-order valence-corrected chi connectivity index (χ1v) is 6.69. The molecule has 1 N–H and O–H groups in total. The van der Waals surface area contributed by atoms with E-state index in [1.165, 1.54) is 12.1 Å². The number of alkyl halides is 3. The van der Waals surface area contributed by atoms with Gasteiger partial charge < -0.3 is 5.32 Å². The first-order valence-electron chi connectivity index (χ1n) is 5.81. The van der Waals surface area contributed by atoms with Gasteiger partial charge in [-0.15, -0.1) is 11.3 Å². The molecule has 0 aliphatic heterocycles. The van der Waals surface area contributed by atoms with E-state index in [2.05, 4.69) is 5.32 Å². The predicted molar refractivity (Wildman–Crippen MR) is 71.4 cm³/mol. The fourth-order valence-electron chi connectivity index (χ4n) is 2.04. The first kappa shape index (κ1) is 14.1. The van der Waals surface area contributed by atoms with Gasteiger partial charge in [-0.2, -0.15) is 13.2 Å². The van der Waals surface area contributed by atoms with Crippen LogP contribution in [0.1, 0.15) is 27.6 Å². The highest BCUT2D eigenvalue weighted by atomic mass is 32.1. The highest BCUT2D eigenvalue weighted by molar-refractivity contribution is 7.10. The normalized spacial score (nSPS) is 13.5. The zero-order chi connectivity index (χ0) is 14.0. The second kappa shape index (κ2) is 5.35. The summed E-state index contributed by atoms with van der Waals surface area (Å²) in [5.74, 6) is 0. The Bertz CT molecular complexity index is 560. The van der Waals surface area contributed by atoms with Crippen molar-refractivity contribution in [3.05, 3.63) is 57.3 Å². The third kappa shape index (κ3) is 3.16. The summed E-state index contributed by atoms with van der Waals surface area (Å²) in [6.07, 6.45) is -4.31. The number of benzene rings is 1. The molecule has 1 aromatic heterocycles. The first-order chi connectivity index (χ1) is 8.91. The van der Waals surface area contributed by atoms with Crippen molar-refractivity contribution in [1.82, 2.24) is 5.32 Å². The van der Waals surface area contributed by atoms with E-state index < -0.39 is 11.7 Å². The summed E-state index contributed by atoms with van der Waals surface area (Å²) in [5, 5.41) is 5.03. The molecule has 1 nitrogen and oxygen atoms in total. The quantitative estimate of drug-likeness (QED) is 0.882. The summed E-state index contributed by atoms with van der Waals surface area (Å²) < 4.78 is 38.2. The van der Waals surface area contributed by atoms with Gasteiger partial charge in [0, 0.05) is 4.88 Å². The van der Waals surface area contributed by atoms with Crippen molar-refractivity contribution in [2.45, 2.75) is 19.1 Å². The van der Waals surface area contributed by atoms with Gasteiger partial charge in [-0.25, -0.2) is 0 Å². The molecule has 0 radical (unpaired) electrons. The monoisotopic (exact) mass is 285 g/mol. The molecular formula is C14H14F3NS. The van der Waals surface area contributed by atoms with Gasteiger partial charge in [0.1, 0.15) is 0 Å². The van der Waals surface area contributed by atoms with Crippen LogP contribution in [0.25, 0.3) is 0 Å². The molecule has 0 fully saturated rings. The van der Waals surface area contributed by atoms with E-state index in [1.54, 1.807) is 24.5 Å². The highest BCUT2D eigenvalue weighted by Gasteiger charge is 2.31. The fraction of sp³-hybridized carbons (Fsp3) is 0.286. The van der Waals surface area contributed by atoms with Crippen LogP contribution in [0, 0.1) is 6.92 Å². The smallest absolute Gasteiger partial charge is 0.309 e. The lowest BCUT2D eigenvalue weighted by Gasteiger charge is -2.17. The van der Waals surface area contributed by atoms with Crippen LogP contribution >= 0.6 is 11.3 Å². The molecule has 2 aromatic rings. The summed E-state index contributed by atoms with van der Waals surface area (Å²) in [4.78, 5) is 1.14.